The van der Waals surface area contributed by atoms with Gasteiger partial charge in [0.1, 0.15) is 0 Å². The Morgan fingerprint density at radius 3 is 2.76 bits per heavy atom. The number of anilines is 1. The van der Waals surface area contributed by atoms with E-state index in [0.717, 1.165) is 17.0 Å². The molecule has 8 heteroatoms. The average molecular weight is 342 g/mol. The zero-order valence-corrected chi connectivity index (χ0v) is 14.6. The first kappa shape index (κ1) is 15.9. The summed E-state index contributed by atoms with van der Waals surface area (Å²) >= 11 is 0. The van der Waals surface area contributed by atoms with Crippen LogP contribution < -0.4 is 5.32 Å². The van der Waals surface area contributed by atoms with Gasteiger partial charge in [-0.25, -0.2) is 0 Å². The highest BCUT2D eigenvalue weighted by atomic mass is 16.2. The van der Waals surface area contributed by atoms with Gasteiger partial charge < -0.3 is 10.2 Å². The molecule has 1 aliphatic heterocycles. The third kappa shape index (κ3) is 2.71. The van der Waals surface area contributed by atoms with Crippen molar-refractivity contribution in [3.8, 4) is 0 Å². The molecule has 0 unspecified atom stereocenters. The van der Waals surface area contributed by atoms with Gasteiger partial charge in [0.15, 0.2) is 5.82 Å². The van der Waals surface area contributed by atoms with E-state index >= 15 is 0 Å². The molecular weight excluding hydrogens is 320 g/mol. The minimum atomic E-state index is -0.457. The van der Waals surface area contributed by atoms with Gasteiger partial charge >= 0.3 is 0 Å². The van der Waals surface area contributed by atoms with Gasteiger partial charge in [0, 0.05) is 49.5 Å². The Balaban J connectivity index is 1.56. The lowest BCUT2D eigenvalue weighted by molar-refractivity contribution is -0.128. The summed E-state index contributed by atoms with van der Waals surface area (Å²) in [4.78, 5) is 26.7. The Labute approximate surface area is 145 Å². The number of carbonyl (C=O) groups excluding carboxylic acids is 2. The van der Waals surface area contributed by atoms with Crippen molar-refractivity contribution < 1.29 is 9.59 Å². The highest BCUT2D eigenvalue weighted by Crippen LogP contribution is 2.40. The zero-order valence-electron chi connectivity index (χ0n) is 14.6. The Morgan fingerprint density at radius 2 is 2.12 bits per heavy atom. The molecule has 1 saturated heterocycles. The summed E-state index contributed by atoms with van der Waals surface area (Å²) in [5, 5.41) is 14.3. The van der Waals surface area contributed by atoms with E-state index in [1.165, 1.54) is 12.8 Å². The molecule has 2 atom stereocenters. The number of nitrogens with one attached hydrogen (secondary N) is 2. The average Bonchev–Trinajstić information content (AvgIpc) is 3.16. The molecule has 0 aromatic carbocycles. The maximum Gasteiger partial charge on any atom is 0.231 e. The first-order valence-electron chi connectivity index (χ1n) is 8.56. The van der Waals surface area contributed by atoms with E-state index in [1.807, 2.05) is 20.0 Å². The summed E-state index contributed by atoms with van der Waals surface area (Å²) in [5.41, 5.74) is 2.94. The first-order chi connectivity index (χ1) is 12.0. The molecule has 25 heavy (non-hydrogen) atoms. The van der Waals surface area contributed by atoms with Crippen molar-refractivity contribution in [3.63, 3.8) is 0 Å². The fourth-order valence-electron chi connectivity index (χ4n) is 3.56. The van der Waals surface area contributed by atoms with Crippen LogP contribution in [-0.4, -0.2) is 43.7 Å². The van der Waals surface area contributed by atoms with Crippen LogP contribution in [0.2, 0.25) is 0 Å². The third-order valence-electron chi connectivity index (χ3n) is 5.38. The minimum Gasteiger partial charge on any atom is -0.338 e. The van der Waals surface area contributed by atoms with E-state index in [4.69, 9.17) is 0 Å². The lowest BCUT2D eigenvalue weighted by atomic mass is 9.93. The second-order valence-electron chi connectivity index (χ2n) is 7.04. The van der Waals surface area contributed by atoms with Crippen LogP contribution in [0.1, 0.15) is 48.2 Å². The van der Waals surface area contributed by atoms with Crippen molar-refractivity contribution >= 4 is 17.6 Å². The third-order valence-corrected chi connectivity index (χ3v) is 5.38. The fourth-order valence-corrected chi connectivity index (χ4v) is 3.56. The van der Waals surface area contributed by atoms with Gasteiger partial charge in [-0.15, -0.1) is 0 Å². The Hall–Kier alpha value is -2.64. The molecule has 2 aromatic rings. The van der Waals surface area contributed by atoms with Gasteiger partial charge in [0.05, 0.1) is 18.2 Å². The number of H-pyrrole nitrogens is 1. The predicted octanol–water partition coefficient (Wildman–Crippen LogP) is 1.49. The van der Waals surface area contributed by atoms with Crippen LogP contribution in [0.25, 0.3) is 0 Å². The second-order valence-corrected chi connectivity index (χ2v) is 7.04. The summed E-state index contributed by atoms with van der Waals surface area (Å²) in [7, 11) is 3.60. The molecule has 0 bridgehead atoms. The summed E-state index contributed by atoms with van der Waals surface area (Å²) < 4.78 is 1.76. The molecule has 4 rings (SSSR count). The fraction of sp³-hybridized carbons (Fsp3) is 0.529. The highest BCUT2D eigenvalue weighted by Gasteiger charge is 2.44. The standard InChI is InChI=1S/C17H22N6O2/c1-9-12(8-18-23(9)3)16-11(6-15(24)22(16)2)17(25)19-14-7-13(20-21-14)10-4-5-10/h7-8,10-11,16H,4-6H2,1-3H3,(H2,19,20,21,25)/t11-,16-/m0/s1. The van der Waals surface area contributed by atoms with E-state index in [9.17, 15) is 9.59 Å². The lowest BCUT2D eigenvalue weighted by Crippen LogP contribution is -2.30. The summed E-state index contributed by atoms with van der Waals surface area (Å²) in [6, 6.07) is 1.59. The van der Waals surface area contributed by atoms with Crippen molar-refractivity contribution in [3.05, 3.63) is 29.2 Å². The summed E-state index contributed by atoms with van der Waals surface area (Å²) in [6.45, 7) is 1.95. The van der Waals surface area contributed by atoms with Crippen molar-refractivity contribution in [2.24, 2.45) is 13.0 Å². The van der Waals surface area contributed by atoms with Crippen LogP contribution in [0, 0.1) is 12.8 Å². The Kier molecular flexibility index (Phi) is 3.63. The maximum absolute atomic E-state index is 12.8. The van der Waals surface area contributed by atoms with Gasteiger partial charge in [-0.1, -0.05) is 0 Å². The number of likely N-dealkylation sites (tertiary alicyclic amines) is 1. The molecule has 2 fully saturated rings. The number of hydrogen-bond donors (Lipinski definition) is 2. The predicted molar refractivity (Wildman–Crippen MR) is 90.8 cm³/mol. The van der Waals surface area contributed by atoms with Gasteiger partial charge in [0.25, 0.3) is 0 Å². The minimum absolute atomic E-state index is 0.0332. The Bertz CT molecular complexity index is 834. The maximum atomic E-state index is 12.8. The number of hydrogen-bond acceptors (Lipinski definition) is 4. The quantitative estimate of drug-likeness (QED) is 0.880. The first-order valence-corrected chi connectivity index (χ1v) is 8.56. The molecule has 2 aromatic heterocycles. The van der Waals surface area contributed by atoms with Gasteiger partial charge in [-0.2, -0.15) is 10.2 Å². The smallest absolute Gasteiger partial charge is 0.231 e. The van der Waals surface area contributed by atoms with E-state index in [-0.39, 0.29) is 24.3 Å². The molecule has 1 saturated carbocycles. The van der Waals surface area contributed by atoms with E-state index in [1.54, 1.807) is 22.8 Å². The molecular formula is C17H22N6O2. The van der Waals surface area contributed by atoms with Crippen LogP contribution in [0.3, 0.4) is 0 Å². The lowest BCUT2D eigenvalue weighted by Gasteiger charge is -2.24. The monoisotopic (exact) mass is 342 g/mol. The molecule has 3 heterocycles. The van der Waals surface area contributed by atoms with E-state index < -0.39 is 5.92 Å². The molecule has 132 valence electrons. The number of rotatable bonds is 4. The van der Waals surface area contributed by atoms with Crippen molar-refractivity contribution in [2.45, 2.75) is 38.1 Å². The van der Waals surface area contributed by atoms with Crippen LogP contribution in [0.4, 0.5) is 5.82 Å². The van der Waals surface area contributed by atoms with Crippen LogP contribution in [0.15, 0.2) is 12.3 Å². The normalized spacial score (nSPS) is 23.3. The van der Waals surface area contributed by atoms with Crippen molar-refractivity contribution in [1.82, 2.24) is 24.9 Å². The molecule has 2 N–H and O–H groups in total. The van der Waals surface area contributed by atoms with Crippen molar-refractivity contribution in [1.29, 1.82) is 0 Å². The van der Waals surface area contributed by atoms with Crippen LogP contribution in [0.5, 0.6) is 0 Å². The molecule has 0 spiro atoms. The van der Waals surface area contributed by atoms with Gasteiger partial charge in [0.2, 0.25) is 11.8 Å². The molecule has 1 aliphatic carbocycles. The molecule has 0 radical (unpaired) electrons. The van der Waals surface area contributed by atoms with Gasteiger partial charge in [-0.05, 0) is 19.8 Å². The second kappa shape index (κ2) is 5.72. The highest BCUT2D eigenvalue weighted by molar-refractivity contribution is 5.97. The molecule has 8 nitrogen and oxygen atoms in total. The Morgan fingerprint density at radius 1 is 1.36 bits per heavy atom. The van der Waals surface area contributed by atoms with Gasteiger partial charge in [-0.3, -0.25) is 19.4 Å². The summed E-state index contributed by atoms with van der Waals surface area (Å²) in [6.07, 6.45) is 4.27. The summed E-state index contributed by atoms with van der Waals surface area (Å²) in [5.74, 6) is 0.397. The van der Waals surface area contributed by atoms with Crippen molar-refractivity contribution in [2.75, 3.05) is 12.4 Å². The van der Waals surface area contributed by atoms with Crippen LogP contribution >= 0.6 is 0 Å². The number of aromatic amines is 1. The number of nitrogens with zero attached hydrogens (tertiary/aromatic N) is 4. The van der Waals surface area contributed by atoms with E-state index in [0.29, 0.717) is 11.7 Å². The zero-order chi connectivity index (χ0) is 17.7. The number of aryl methyl sites for hydroxylation is 1. The van der Waals surface area contributed by atoms with Crippen LogP contribution in [-0.2, 0) is 16.6 Å². The number of carbonyl (C=O) groups is 2. The van der Waals surface area contributed by atoms with E-state index in [2.05, 4.69) is 20.6 Å². The number of aromatic nitrogens is 4. The molecule has 2 amide bonds. The number of amides is 2. The topological polar surface area (TPSA) is 95.9 Å². The SMILES string of the molecule is Cc1c([C@@H]2[C@@H](C(=O)Nc3cc(C4CC4)[nH]n3)CC(=O)N2C)cnn1C. The molecule has 2 aliphatic rings. The largest absolute Gasteiger partial charge is 0.338 e.